The molecule has 0 aliphatic carbocycles. The van der Waals surface area contributed by atoms with Crippen molar-refractivity contribution in [1.82, 2.24) is 0 Å². The summed E-state index contributed by atoms with van der Waals surface area (Å²) in [6.07, 6.45) is 0. The zero-order valence-electron chi connectivity index (χ0n) is 8.80. The van der Waals surface area contributed by atoms with Crippen molar-refractivity contribution in [2.75, 3.05) is 31.6 Å². The van der Waals surface area contributed by atoms with E-state index in [9.17, 15) is 0 Å². The minimum absolute atomic E-state index is 0.0755. The molecule has 1 heterocycles. The van der Waals surface area contributed by atoms with Crippen molar-refractivity contribution in [2.24, 2.45) is 11.1 Å². The van der Waals surface area contributed by atoms with Gasteiger partial charge in [-0.05, 0) is 18.2 Å². The van der Waals surface area contributed by atoms with Crippen molar-refractivity contribution in [3.8, 4) is 0 Å². The summed E-state index contributed by atoms with van der Waals surface area (Å²) in [5.74, 6) is 0. The highest BCUT2D eigenvalue weighted by molar-refractivity contribution is 6.42. The van der Waals surface area contributed by atoms with Crippen LogP contribution >= 0.6 is 23.2 Å². The van der Waals surface area contributed by atoms with Crippen LogP contribution in [0.15, 0.2) is 18.2 Å². The second kappa shape index (κ2) is 4.80. The lowest BCUT2D eigenvalue weighted by molar-refractivity contribution is -0.0979. The zero-order chi connectivity index (χ0) is 11.6. The maximum Gasteiger partial charge on any atom is 0.0612 e. The highest BCUT2D eigenvalue weighted by Crippen LogP contribution is 2.28. The van der Waals surface area contributed by atoms with Crippen molar-refractivity contribution in [2.45, 2.75) is 0 Å². The first-order valence-corrected chi connectivity index (χ1v) is 5.88. The summed E-state index contributed by atoms with van der Waals surface area (Å²) in [7, 11) is 0. The van der Waals surface area contributed by atoms with E-state index < -0.39 is 0 Å². The van der Waals surface area contributed by atoms with Gasteiger partial charge in [0.25, 0.3) is 0 Å². The Labute approximate surface area is 105 Å². The van der Waals surface area contributed by atoms with Crippen LogP contribution in [0.25, 0.3) is 0 Å². The Hall–Kier alpha value is -0.480. The van der Waals surface area contributed by atoms with E-state index in [1.54, 1.807) is 6.07 Å². The van der Waals surface area contributed by atoms with Gasteiger partial charge in [0.1, 0.15) is 0 Å². The summed E-state index contributed by atoms with van der Waals surface area (Å²) in [5.41, 5.74) is 6.75. The summed E-state index contributed by atoms with van der Waals surface area (Å²) in [5, 5.41) is 4.42. The molecule has 1 saturated heterocycles. The molecule has 1 aromatic rings. The zero-order valence-corrected chi connectivity index (χ0v) is 10.3. The number of anilines is 1. The van der Waals surface area contributed by atoms with E-state index in [1.165, 1.54) is 0 Å². The van der Waals surface area contributed by atoms with Gasteiger partial charge in [-0.15, -0.1) is 0 Å². The Morgan fingerprint density at radius 1 is 1.31 bits per heavy atom. The topological polar surface area (TPSA) is 47.3 Å². The minimum atomic E-state index is 0.0755. The predicted molar refractivity (Wildman–Crippen MR) is 67.3 cm³/mol. The number of rotatable bonds is 4. The van der Waals surface area contributed by atoms with Crippen LogP contribution in [0.1, 0.15) is 0 Å². The van der Waals surface area contributed by atoms with Crippen molar-refractivity contribution in [3.05, 3.63) is 28.2 Å². The fourth-order valence-electron chi connectivity index (χ4n) is 1.58. The molecule has 3 N–H and O–H groups in total. The molecular weight excluding hydrogens is 247 g/mol. The molecular formula is C11H14Cl2N2O. The number of nitrogens with one attached hydrogen (secondary N) is 1. The standard InChI is InChI=1S/C11H14Cl2N2O/c12-9-2-1-8(3-10(9)13)15-5-11(4-14)6-16-7-11/h1-3,15H,4-7,14H2. The quantitative estimate of drug-likeness (QED) is 0.874. The molecule has 16 heavy (non-hydrogen) atoms. The first-order valence-electron chi connectivity index (χ1n) is 5.12. The summed E-state index contributed by atoms with van der Waals surface area (Å²) in [6, 6.07) is 5.49. The minimum Gasteiger partial charge on any atom is -0.384 e. The Morgan fingerprint density at radius 2 is 2.06 bits per heavy atom. The van der Waals surface area contributed by atoms with Crippen LogP contribution < -0.4 is 11.1 Å². The van der Waals surface area contributed by atoms with Gasteiger partial charge in [-0.2, -0.15) is 0 Å². The van der Waals surface area contributed by atoms with E-state index in [0.717, 1.165) is 25.4 Å². The van der Waals surface area contributed by atoms with Gasteiger partial charge in [-0.3, -0.25) is 0 Å². The van der Waals surface area contributed by atoms with Gasteiger partial charge < -0.3 is 15.8 Å². The molecule has 1 fully saturated rings. The van der Waals surface area contributed by atoms with Gasteiger partial charge in [0.15, 0.2) is 0 Å². The Bertz CT molecular complexity index is 375. The second-order valence-corrected chi connectivity index (χ2v) is 4.99. The number of hydrogen-bond donors (Lipinski definition) is 2. The van der Waals surface area contributed by atoms with Gasteiger partial charge in [0.2, 0.25) is 0 Å². The third kappa shape index (κ3) is 2.43. The first kappa shape index (κ1) is 12.0. The van der Waals surface area contributed by atoms with Crippen LogP contribution in [0, 0.1) is 5.41 Å². The van der Waals surface area contributed by atoms with Crippen molar-refractivity contribution in [3.63, 3.8) is 0 Å². The van der Waals surface area contributed by atoms with E-state index >= 15 is 0 Å². The number of hydrogen-bond acceptors (Lipinski definition) is 3. The Balaban J connectivity index is 1.96. The van der Waals surface area contributed by atoms with Gasteiger partial charge >= 0.3 is 0 Å². The Morgan fingerprint density at radius 3 is 2.56 bits per heavy atom. The van der Waals surface area contributed by atoms with E-state index in [2.05, 4.69) is 5.32 Å². The van der Waals surface area contributed by atoms with Crippen molar-refractivity contribution < 1.29 is 4.74 Å². The van der Waals surface area contributed by atoms with Crippen LogP contribution in [0.5, 0.6) is 0 Å². The molecule has 1 aliphatic rings. The fraction of sp³-hybridized carbons (Fsp3) is 0.455. The maximum atomic E-state index is 5.92. The number of halogens is 2. The van der Waals surface area contributed by atoms with Gasteiger partial charge in [-0.25, -0.2) is 0 Å². The largest absolute Gasteiger partial charge is 0.384 e. The lowest BCUT2D eigenvalue weighted by atomic mass is 9.86. The third-order valence-electron chi connectivity index (χ3n) is 2.84. The van der Waals surface area contributed by atoms with Gasteiger partial charge in [0.05, 0.1) is 23.3 Å². The first-order chi connectivity index (χ1) is 7.65. The second-order valence-electron chi connectivity index (χ2n) is 4.18. The van der Waals surface area contributed by atoms with Crippen LogP contribution in [0.4, 0.5) is 5.69 Å². The van der Waals surface area contributed by atoms with Crippen LogP contribution in [0.3, 0.4) is 0 Å². The lowest BCUT2D eigenvalue weighted by Crippen LogP contribution is -2.52. The molecule has 0 bridgehead atoms. The molecule has 0 atom stereocenters. The molecule has 0 unspecified atom stereocenters. The van der Waals surface area contributed by atoms with Crippen LogP contribution in [-0.2, 0) is 4.74 Å². The SMILES string of the molecule is NCC1(CNc2ccc(Cl)c(Cl)c2)COC1. The summed E-state index contributed by atoms with van der Waals surface area (Å²) < 4.78 is 5.19. The molecule has 1 aliphatic heterocycles. The third-order valence-corrected chi connectivity index (χ3v) is 3.58. The molecule has 1 aromatic carbocycles. The molecule has 0 amide bonds. The maximum absolute atomic E-state index is 5.92. The van der Waals surface area contributed by atoms with Gasteiger partial charge in [-0.1, -0.05) is 23.2 Å². The van der Waals surface area contributed by atoms with E-state index in [0.29, 0.717) is 16.6 Å². The van der Waals surface area contributed by atoms with Crippen LogP contribution in [0.2, 0.25) is 10.0 Å². The monoisotopic (exact) mass is 260 g/mol. The molecule has 88 valence electrons. The van der Waals surface area contributed by atoms with Crippen LogP contribution in [-0.4, -0.2) is 26.3 Å². The number of ether oxygens (including phenoxy) is 1. The molecule has 2 rings (SSSR count). The smallest absolute Gasteiger partial charge is 0.0612 e. The highest BCUT2D eigenvalue weighted by atomic mass is 35.5. The van der Waals surface area contributed by atoms with Crippen molar-refractivity contribution in [1.29, 1.82) is 0 Å². The normalized spacial score (nSPS) is 17.9. The summed E-state index contributed by atoms with van der Waals surface area (Å²) in [4.78, 5) is 0. The van der Waals surface area contributed by atoms with E-state index in [4.69, 9.17) is 33.7 Å². The average molecular weight is 261 g/mol. The van der Waals surface area contributed by atoms with Crippen molar-refractivity contribution >= 4 is 28.9 Å². The predicted octanol–water partition coefficient (Wildman–Crippen LogP) is 2.38. The summed E-state index contributed by atoms with van der Waals surface area (Å²) in [6.45, 7) is 2.86. The molecule has 0 aromatic heterocycles. The molecule has 0 spiro atoms. The average Bonchev–Trinajstić information content (AvgIpc) is 2.22. The van der Waals surface area contributed by atoms with E-state index in [-0.39, 0.29) is 5.41 Å². The number of benzene rings is 1. The molecule has 0 saturated carbocycles. The molecule has 0 radical (unpaired) electrons. The Kier molecular flexibility index (Phi) is 3.60. The molecule has 5 heteroatoms. The highest BCUT2D eigenvalue weighted by Gasteiger charge is 2.36. The molecule has 3 nitrogen and oxygen atoms in total. The van der Waals surface area contributed by atoms with Gasteiger partial charge in [0, 0.05) is 24.2 Å². The number of nitrogens with two attached hydrogens (primary N) is 1. The fourth-order valence-corrected chi connectivity index (χ4v) is 1.88. The van der Waals surface area contributed by atoms with E-state index in [1.807, 2.05) is 12.1 Å². The summed E-state index contributed by atoms with van der Waals surface area (Å²) >= 11 is 11.8. The lowest BCUT2D eigenvalue weighted by Gasteiger charge is -2.40.